The van der Waals surface area contributed by atoms with Gasteiger partial charge in [-0.25, -0.2) is 9.67 Å². The van der Waals surface area contributed by atoms with Crippen LogP contribution in [0, 0.1) is 0 Å². The fourth-order valence-electron chi connectivity index (χ4n) is 2.09. The molecule has 2 aromatic heterocycles. The van der Waals surface area contributed by atoms with Crippen LogP contribution in [0.5, 0.6) is 17.4 Å². The summed E-state index contributed by atoms with van der Waals surface area (Å²) in [7, 11) is 0. The predicted molar refractivity (Wildman–Crippen MR) is 85.3 cm³/mol. The van der Waals surface area contributed by atoms with Crippen molar-refractivity contribution in [2.24, 2.45) is 0 Å². The highest BCUT2D eigenvalue weighted by Gasteiger charge is 2.07. The van der Waals surface area contributed by atoms with Crippen LogP contribution in [-0.4, -0.2) is 26.5 Å². The summed E-state index contributed by atoms with van der Waals surface area (Å²) in [6.07, 6.45) is 3.46. The molecule has 0 saturated carbocycles. The summed E-state index contributed by atoms with van der Waals surface area (Å²) in [4.78, 5) is 4.31. The molecule has 2 heterocycles. The highest BCUT2D eigenvalue weighted by Crippen LogP contribution is 2.24. The summed E-state index contributed by atoms with van der Waals surface area (Å²) in [5.74, 6) is 1.29. The maximum atomic E-state index is 9.26. The largest absolute Gasteiger partial charge is 0.508 e. The predicted octanol–water partition coefficient (Wildman–Crippen LogP) is 3.44. The van der Waals surface area contributed by atoms with E-state index in [0.29, 0.717) is 25.0 Å². The lowest BCUT2D eigenvalue weighted by Gasteiger charge is -2.08. The Morgan fingerprint density at radius 2 is 1.91 bits per heavy atom. The van der Waals surface area contributed by atoms with Gasteiger partial charge in [0.25, 0.3) is 0 Å². The van der Waals surface area contributed by atoms with E-state index in [-0.39, 0.29) is 5.75 Å². The molecule has 118 valence electrons. The molecule has 0 unspecified atom stereocenters. The third-order valence-corrected chi connectivity index (χ3v) is 3.23. The van der Waals surface area contributed by atoms with Gasteiger partial charge in [-0.15, -0.1) is 0 Å². The summed E-state index contributed by atoms with van der Waals surface area (Å²) >= 11 is 0. The van der Waals surface area contributed by atoms with Crippen molar-refractivity contribution in [2.75, 3.05) is 6.61 Å². The van der Waals surface area contributed by atoms with Crippen molar-refractivity contribution in [3.8, 4) is 28.6 Å². The van der Waals surface area contributed by atoms with Crippen molar-refractivity contribution < 1.29 is 14.6 Å². The smallest absolute Gasteiger partial charge is 0.219 e. The van der Waals surface area contributed by atoms with Crippen molar-refractivity contribution >= 4 is 0 Å². The molecular formula is C17H17N3O3. The van der Waals surface area contributed by atoms with E-state index in [0.717, 1.165) is 11.3 Å². The first-order chi connectivity index (χ1) is 11.3. The summed E-state index contributed by atoms with van der Waals surface area (Å²) in [5.41, 5.74) is 1.86. The zero-order chi connectivity index (χ0) is 16.1. The topological polar surface area (TPSA) is 69.4 Å². The van der Waals surface area contributed by atoms with Gasteiger partial charge in [0.2, 0.25) is 5.88 Å². The number of phenols is 1. The summed E-state index contributed by atoms with van der Waals surface area (Å²) < 4.78 is 12.8. The lowest BCUT2D eigenvalue weighted by molar-refractivity contribution is 0.0804. The van der Waals surface area contributed by atoms with E-state index in [1.54, 1.807) is 47.4 Å². The monoisotopic (exact) mass is 311 g/mol. The molecular weight excluding hydrogens is 294 g/mol. The number of pyridine rings is 1. The van der Waals surface area contributed by atoms with E-state index >= 15 is 0 Å². The molecule has 6 nitrogen and oxygen atoms in total. The van der Waals surface area contributed by atoms with E-state index in [9.17, 15) is 5.11 Å². The number of benzene rings is 1. The molecule has 3 aromatic rings. The van der Waals surface area contributed by atoms with Crippen LogP contribution >= 0.6 is 0 Å². The van der Waals surface area contributed by atoms with Crippen LogP contribution in [0.15, 0.2) is 54.9 Å². The van der Waals surface area contributed by atoms with E-state index in [1.165, 1.54) is 0 Å². The Bertz CT molecular complexity index is 752. The molecule has 0 atom stereocenters. The number of ether oxygens (including phenoxy) is 2. The molecule has 23 heavy (non-hydrogen) atoms. The van der Waals surface area contributed by atoms with Gasteiger partial charge < -0.3 is 14.6 Å². The number of rotatable bonds is 6. The van der Waals surface area contributed by atoms with Gasteiger partial charge in [-0.05, 0) is 43.3 Å². The standard InChI is InChI=1S/C17H17N3O3/c1-2-22-12-20-16(9-10-19-20)13-3-8-17(18-11-13)23-15-6-4-14(21)5-7-15/h3-11,21H,2,12H2,1H3. The van der Waals surface area contributed by atoms with Crippen LogP contribution < -0.4 is 4.74 Å². The van der Waals surface area contributed by atoms with Gasteiger partial charge in [0.05, 0.1) is 5.69 Å². The van der Waals surface area contributed by atoms with E-state index in [4.69, 9.17) is 9.47 Å². The molecule has 0 spiro atoms. The number of nitrogens with zero attached hydrogens (tertiary/aromatic N) is 3. The first kappa shape index (κ1) is 15.1. The highest BCUT2D eigenvalue weighted by molar-refractivity contribution is 5.58. The minimum Gasteiger partial charge on any atom is -0.508 e. The Labute approximate surface area is 133 Å². The third kappa shape index (κ3) is 3.67. The maximum Gasteiger partial charge on any atom is 0.219 e. The quantitative estimate of drug-likeness (QED) is 0.755. The average Bonchev–Trinajstić information content (AvgIpc) is 3.04. The molecule has 0 fully saturated rings. The normalized spacial score (nSPS) is 10.7. The van der Waals surface area contributed by atoms with E-state index < -0.39 is 0 Å². The van der Waals surface area contributed by atoms with Gasteiger partial charge in [0.15, 0.2) is 0 Å². The second-order valence-electron chi connectivity index (χ2n) is 4.82. The van der Waals surface area contributed by atoms with Crippen molar-refractivity contribution in [3.05, 3.63) is 54.9 Å². The average molecular weight is 311 g/mol. The third-order valence-electron chi connectivity index (χ3n) is 3.23. The molecule has 0 aliphatic heterocycles. The lowest BCUT2D eigenvalue weighted by atomic mass is 10.2. The number of aromatic hydroxyl groups is 1. The Morgan fingerprint density at radius 3 is 2.61 bits per heavy atom. The van der Waals surface area contributed by atoms with Crippen molar-refractivity contribution in [1.29, 1.82) is 0 Å². The fourth-order valence-corrected chi connectivity index (χ4v) is 2.09. The van der Waals surface area contributed by atoms with Crippen LogP contribution in [-0.2, 0) is 11.5 Å². The summed E-state index contributed by atoms with van der Waals surface area (Å²) in [5, 5.41) is 13.5. The first-order valence-corrected chi connectivity index (χ1v) is 7.29. The maximum absolute atomic E-state index is 9.26. The van der Waals surface area contributed by atoms with Crippen LogP contribution in [0.4, 0.5) is 0 Å². The van der Waals surface area contributed by atoms with Crippen LogP contribution in [0.25, 0.3) is 11.3 Å². The lowest BCUT2D eigenvalue weighted by Crippen LogP contribution is -2.05. The van der Waals surface area contributed by atoms with Gasteiger partial charge in [0.1, 0.15) is 18.2 Å². The molecule has 0 bridgehead atoms. The van der Waals surface area contributed by atoms with Crippen molar-refractivity contribution in [3.63, 3.8) is 0 Å². The first-order valence-electron chi connectivity index (χ1n) is 7.29. The van der Waals surface area contributed by atoms with Crippen LogP contribution in [0.1, 0.15) is 6.92 Å². The van der Waals surface area contributed by atoms with Gasteiger partial charge in [-0.1, -0.05) is 0 Å². The van der Waals surface area contributed by atoms with Crippen molar-refractivity contribution in [2.45, 2.75) is 13.7 Å². The van der Waals surface area contributed by atoms with E-state index in [1.807, 2.05) is 19.1 Å². The Hall–Kier alpha value is -2.86. The van der Waals surface area contributed by atoms with Gasteiger partial charge in [-0.2, -0.15) is 5.10 Å². The van der Waals surface area contributed by atoms with Gasteiger partial charge in [0, 0.05) is 30.6 Å². The SMILES string of the molecule is CCOCn1nccc1-c1ccc(Oc2ccc(O)cc2)nc1. The fraction of sp³-hybridized carbons (Fsp3) is 0.176. The number of hydrogen-bond acceptors (Lipinski definition) is 5. The molecule has 0 aliphatic rings. The molecule has 6 heteroatoms. The van der Waals surface area contributed by atoms with Crippen molar-refractivity contribution in [1.82, 2.24) is 14.8 Å². The Kier molecular flexibility index (Phi) is 4.54. The zero-order valence-corrected chi connectivity index (χ0v) is 12.7. The number of phenolic OH excluding ortho intramolecular Hbond substituents is 1. The van der Waals surface area contributed by atoms with Gasteiger partial charge in [-0.3, -0.25) is 0 Å². The molecule has 0 radical (unpaired) electrons. The number of hydrogen-bond donors (Lipinski definition) is 1. The Morgan fingerprint density at radius 1 is 1.09 bits per heavy atom. The molecule has 1 aromatic carbocycles. The second-order valence-corrected chi connectivity index (χ2v) is 4.82. The Balaban J connectivity index is 1.74. The number of aromatic nitrogens is 3. The zero-order valence-electron chi connectivity index (χ0n) is 12.7. The minimum atomic E-state index is 0.197. The van der Waals surface area contributed by atoms with E-state index in [2.05, 4.69) is 10.1 Å². The second kappa shape index (κ2) is 6.93. The molecule has 0 saturated heterocycles. The van der Waals surface area contributed by atoms with Crippen LogP contribution in [0.3, 0.4) is 0 Å². The van der Waals surface area contributed by atoms with Crippen LogP contribution in [0.2, 0.25) is 0 Å². The summed E-state index contributed by atoms with van der Waals surface area (Å²) in [6.45, 7) is 2.99. The van der Waals surface area contributed by atoms with Gasteiger partial charge >= 0.3 is 0 Å². The highest BCUT2D eigenvalue weighted by atomic mass is 16.5. The molecule has 1 N–H and O–H groups in total. The minimum absolute atomic E-state index is 0.197. The molecule has 3 rings (SSSR count). The molecule has 0 amide bonds. The summed E-state index contributed by atoms with van der Waals surface area (Å²) in [6, 6.07) is 12.1. The molecule has 0 aliphatic carbocycles.